The van der Waals surface area contributed by atoms with Crippen LogP contribution in [0, 0.1) is 0 Å². The van der Waals surface area contributed by atoms with E-state index in [-0.39, 0.29) is 23.8 Å². The van der Waals surface area contributed by atoms with Crippen LogP contribution in [-0.2, 0) is 47.9 Å². The lowest BCUT2D eigenvalue weighted by molar-refractivity contribution is -0.119. The van der Waals surface area contributed by atoms with Gasteiger partial charge in [0.25, 0.3) is 0 Å². The highest BCUT2D eigenvalue weighted by molar-refractivity contribution is 7.92. The molecule has 19 nitrogen and oxygen atoms in total. The van der Waals surface area contributed by atoms with Crippen LogP contribution in [-0.4, -0.2) is 110 Å². The maximum absolute atomic E-state index is 12.5. The summed E-state index contributed by atoms with van der Waals surface area (Å²) >= 11 is 0. The van der Waals surface area contributed by atoms with Crippen LogP contribution in [0.2, 0.25) is 0 Å². The van der Waals surface area contributed by atoms with E-state index >= 15 is 0 Å². The molecule has 0 spiro atoms. The average molecular weight is 956 g/mol. The van der Waals surface area contributed by atoms with Gasteiger partial charge in [0.1, 0.15) is 0 Å². The Kier molecular flexibility index (Phi) is 12.5. The Morgan fingerprint density at radius 3 is 1.83 bits per heavy atom. The highest BCUT2D eigenvalue weighted by atomic mass is 32.2. The minimum Gasteiger partial charge on any atom is -0.369 e. The van der Waals surface area contributed by atoms with Crippen molar-refractivity contribution in [2.24, 2.45) is 5.73 Å². The minimum absolute atomic E-state index is 0.260. The lowest BCUT2D eigenvalue weighted by atomic mass is 9.99. The molecule has 3 N–H and O–H groups in total. The molecule has 1 aliphatic heterocycles. The standard InChI is InChI=1S/C25H27N7O3S.C15H13F3N4O5S2/c1-30(36(2,34)35)22-6-4-3-5-21(22)23-10-9-20-14-27-25(29-32(20)23)28-19-8-7-18-15-31(16-24(26)33)12-11-17(18)13-19;1-21(28(2,23)24)12-6-4-3-5-11(12)13-8-7-10-9-19-14(20-22(10)13)27-29(25,26)15(16,17)18/h3-10,13-14H,11-12,15-16H2,1-2H3,(H2,26,33)(H,28,29);3-9H,1-2H3. The summed E-state index contributed by atoms with van der Waals surface area (Å²) in [5.41, 5.74) is 7.03. The van der Waals surface area contributed by atoms with Gasteiger partial charge in [-0.05, 0) is 66.1 Å². The Balaban J connectivity index is 0.000000199. The summed E-state index contributed by atoms with van der Waals surface area (Å²) in [6.07, 6.45) is 5.81. The van der Waals surface area contributed by atoms with E-state index in [9.17, 15) is 43.2 Å². The quantitative estimate of drug-likeness (QED) is 0.128. The van der Waals surface area contributed by atoms with Crippen LogP contribution in [0.1, 0.15) is 11.1 Å². The van der Waals surface area contributed by atoms with Crippen LogP contribution in [0.5, 0.6) is 6.01 Å². The molecular weight excluding hydrogens is 916 g/mol. The molecule has 8 rings (SSSR count). The number of primary amides is 1. The first-order valence-corrected chi connectivity index (χ1v) is 24.3. The summed E-state index contributed by atoms with van der Waals surface area (Å²) in [5, 5.41) is 11.7. The van der Waals surface area contributed by atoms with Gasteiger partial charge in [0.15, 0.2) is 0 Å². The number of sulfonamides is 2. The molecular formula is C40H40F3N11O8S3. The molecule has 7 aromatic rings. The zero-order valence-electron chi connectivity index (χ0n) is 34.9. The number of nitrogens with one attached hydrogen (secondary N) is 1. The van der Waals surface area contributed by atoms with Gasteiger partial charge >= 0.3 is 21.6 Å². The van der Waals surface area contributed by atoms with Crippen molar-refractivity contribution in [2.45, 2.75) is 18.5 Å². The van der Waals surface area contributed by atoms with Crippen LogP contribution >= 0.6 is 0 Å². The molecule has 0 radical (unpaired) electrons. The number of hydrogen-bond acceptors (Lipinski definition) is 14. The number of nitrogens with two attached hydrogens (primary N) is 1. The van der Waals surface area contributed by atoms with Gasteiger partial charge in [0.2, 0.25) is 31.9 Å². The van der Waals surface area contributed by atoms with E-state index in [0.29, 0.717) is 29.3 Å². The Bertz CT molecular complexity index is 3290. The van der Waals surface area contributed by atoms with Gasteiger partial charge in [-0.1, -0.05) is 42.5 Å². The third kappa shape index (κ3) is 10.1. The van der Waals surface area contributed by atoms with E-state index in [4.69, 9.17) is 10.8 Å². The van der Waals surface area contributed by atoms with E-state index in [2.05, 4.69) is 30.6 Å². The van der Waals surface area contributed by atoms with Crippen LogP contribution in [0.3, 0.4) is 0 Å². The third-order valence-corrected chi connectivity index (χ3v) is 13.5. The molecule has 25 heteroatoms. The van der Waals surface area contributed by atoms with Crippen molar-refractivity contribution in [2.75, 3.05) is 53.6 Å². The van der Waals surface area contributed by atoms with Crippen LogP contribution in [0.15, 0.2) is 103 Å². The zero-order chi connectivity index (χ0) is 47.1. The number of nitrogens with zero attached hydrogens (tertiary/aromatic N) is 9. The number of fused-ring (bicyclic) bond motifs is 3. The van der Waals surface area contributed by atoms with E-state index < -0.39 is 41.7 Å². The second-order valence-electron chi connectivity index (χ2n) is 14.7. The Hall–Kier alpha value is -6.83. The molecule has 0 bridgehead atoms. The molecule has 65 heavy (non-hydrogen) atoms. The highest BCUT2D eigenvalue weighted by Crippen LogP contribution is 2.35. The van der Waals surface area contributed by atoms with Gasteiger partial charge in [0.05, 0.1) is 65.2 Å². The summed E-state index contributed by atoms with van der Waals surface area (Å²) in [6, 6.07) is 25.6. The van der Waals surface area contributed by atoms with Gasteiger partial charge in [0, 0.05) is 44.0 Å². The maximum Gasteiger partial charge on any atom is 0.534 e. The van der Waals surface area contributed by atoms with Crippen molar-refractivity contribution in [3.05, 3.63) is 115 Å². The van der Waals surface area contributed by atoms with E-state index in [0.717, 1.165) is 56.7 Å². The number of carbonyl (C=O) groups excluding carboxylic acids is 1. The number of amides is 1. The minimum atomic E-state index is -5.95. The fraction of sp³-hybridized carbons (Fsp3) is 0.225. The van der Waals surface area contributed by atoms with E-state index in [1.165, 1.54) is 54.0 Å². The van der Waals surface area contributed by atoms with Gasteiger partial charge in [-0.15, -0.1) is 10.2 Å². The molecule has 0 saturated heterocycles. The summed E-state index contributed by atoms with van der Waals surface area (Å²) in [4.78, 5) is 21.2. The SMILES string of the molecule is CN(c1ccccc1-c1ccc2cnc(Nc3ccc4c(c3)CCN(CC(N)=O)C4)nn12)S(C)(=O)=O.CN(c1ccccc1-c1ccc2cnc(OS(=O)(=O)C(F)(F)F)nn12)S(C)(=O)=O. The maximum atomic E-state index is 12.5. The van der Waals surface area contributed by atoms with Crippen molar-refractivity contribution in [1.82, 2.24) is 34.1 Å². The number of alkyl halides is 3. The average Bonchev–Trinajstić information content (AvgIpc) is 3.86. The molecule has 1 amide bonds. The lowest BCUT2D eigenvalue weighted by Crippen LogP contribution is -2.37. The normalized spacial score (nSPS) is 13.5. The van der Waals surface area contributed by atoms with Crippen molar-refractivity contribution in [3.8, 4) is 28.5 Å². The molecule has 0 atom stereocenters. The summed E-state index contributed by atoms with van der Waals surface area (Å²) < 4.78 is 117. The molecule has 0 fully saturated rings. The van der Waals surface area contributed by atoms with Gasteiger partial charge in [-0.2, -0.15) is 26.6 Å². The first kappa shape index (κ1) is 46.2. The summed E-state index contributed by atoms with van der Waals surface area (Å²) in [7, 11) is -10.1. The number of anilines is 4. The van der Waals surface area contributed by atoms with Gasteiger partial charge in [-0.25, -0.2) is 30.9 Å². The first-order valence-electron chi connectivity index (χ1n) is 19.2. The molecule has 5 heterocycles. The number of aromatic nitrogens is 6. The largest absolute Gasteiger partial charge is 0.534 e. The number of para-hydroxylation sites is 2. The van der Waals surface area contributed by atoms with Crippen LogP contribution < -0.4 is 23.8 Å². The number of hydrogen-bond donors (Lipinski definition) is 2. The summed E-state index contributed by atoms with van der Waals surface area (Å²) in [6.45, 7) is 1.72. The zero-order valence-corrected chi connectivity index (χ0v) is 37.3. The first-order chi connectivity index (χ1) is 30.5. The molecule has 0 aliphatic carbocycles. The van der Waals surface area contributed by atoms with Gasteiger partial charge < -0.3 is 15.2 Å². The van der Waals surface area contributed by atoms with E-state index in [1.807, 2.05) is 47.4 Å². The fourth-order valence-corrected chi connectivity index (χ4v) is 8.30. The molecule has 342 valence electrons. The van der Waals surface area contributed by atoms with Crippen molar-refractivity contribution in [1.29, 1.82) is 0 Å². The topological polar surface area (TPSA) is 237 Å². The Labute approximate surface area is 371 Å². The van der Waals surface area contributed by atoms with E-state index in [1.54, 1.807) is 35.0 Å². The molecule has 1 aliphatic rings. The Morgan fingerprint density at radius 1 is 0.754 bits per heavy atom. The summed E-state index contributed by atoms with van der Waals surface area (Å²) in [5.74, 6) is 0.0965. The number of benzene rings is 3. The molecule has 3 aromatic carbocycles. The predicted molar refractivity (Wildman–Crippen MR) is 237 cm³/mol. The second kappa shape index (κ2) is 17.6. The fourth-order valence-electron chi connectivity index (χ4n) is 6.90. The van der Waals surface area contributed by atoms with Crippen molar-refractivity contribution in [3.63, 3.8) is 0 Å². The second-order valence-corrected chi connectivity index (χ2v) is 20.3. The predicted octanol–water partition coefficient (Wildman–Crippen LogP) is 4.40. The third-order valence-electron chi connectivity index (χ3n) is 10.2. The van der Waals surface area contributed by atoms with Crippen molar-refractivity contribution < 1.29 is 47.4 Å². The smallest absolute Gasteiger partial charge is 0.369 e. The molecule has 4 aromatic heterocycles. The van der Waals surface area contributed by atoms with Crippen LogP contribution in [0.4, 0.5) is 36.2 Å². The number of carbonyl (C=O) groups is 1. The highest BCUT2D eigenvalue weighted by Gasteiger charge is 2.49. The van der Waals surface area contributed by atoms with Crippen LogP contribution in [0.25, 0.3) is 33.5 Å². The molecule has 0 unspecified atom stereocenters. The molecule has 0 saturated carbocycles. The van der Waals surface area contributed by atoms with Crippen molar-refractivity contribution >= 4 is 70.1 Å². The monoisotopic (exact) mass is 955 g/mol. The Morgan fingerprint density at radius 2 is 1.29 bits per heavy atom. The lowest BCUT2D eigenvalue weighted by Gasteiger charge is -2.28. The van der Waals surface area contributed by atoms with Gasteiger partial charge in [-0.3, -0.25) is 18.3 Å². The number of halogens is 3. The number of rotatable bonds is 12.